The van der Waals surface area contributed by atoms with E-state index in [2.05, 4.69) is 0 Å². The lowest BCUT2D eigenvalue weighted by Crippen LogP contribution is -2.07. The van der Waals surface area contributed by atoms with Crippen molar-refractivity contribution in [3.63, 3.8) is 0 Å². The summed E-state index contributed by atoms with van der Waals surface area (Å²) >= 11 is 0. The van der Waals surface area contributed by atoms with Crippen LogP contribution < -0.4 is 0 Å². The zero-order valence-electron chi connectivity index (χ0n) is 9.49. The molecular weight excluding hydrogens is 212 g/mol. The maximum atomic E-state index is 11.6. The molecular formula is C11H16O3S. The minimum atomic E-state index is -3.57. The van der Waals surface area contributed by atoms with E-state index >= 15 is 0 Å². The Hall–Kier alpha value is -0.870. The van der Waals surface area contributed by atoms with Gasteiger partial charge in [-0.25, -0.2) is 0 Å². The minimum absolute atomic E-state index is 0.161. The molecule has 0 bridgehead atoms. The van der Waals surface area contributed by atoms with Crippen molar-refractivity contribution >= 4 is 10.1 Å². The van der Waals surface area contributed by atoms with Crippen LogP contribution in [-0.4, -0.2) is 15.0 Å². The molecule has 0 atom stereocenters. The van der Waals surface area contributed by atoms with Crippen molar-refractivity contribution in [3.8, 4) is 0 Å². The molecule has 0 aromatic heterocycles. The highest BCUT2D eigenvalue weighted by atomic mass is 32.2. The number of hydrogen-bond donors (Lipinski definition) is 0. The van der Waals surface area contributed by atoms with Crippen LogP contribution in [0.4, 0.5) is 0 Å². The molecule has 1 aromatic carbocycles. The topological polar surface area (TPSA) is 43.4 Å². The molecule has 0 saturated carbocycles. The number of aryl methyl sites for hydroxylation is 2. The van der Waals surface area contributed by atoms with E-state index in [-0.39, 0.29) is 11.5 Å². The summed E-state index contributed by atoms with van der Waals surface area (Å²) in [6, 6.07) is 3.29. The third-order valence-corrected chi connectivity index (χ3v) is 3.82. The smallest absolute Gasteiger partial charge is 0.267 e. The lowest BCUT2D eigenvalue weighted by atomic mass is 10.1. The highest BCUT2D eigenvalue weighted by Crippen LogP contribution is 2.20. The van der Waals surface area contributed by atoms with Gasteiger partial charge in [0.05, 0.1) is 11.5 Å². The van der Waals surface area contributed by atoms with Gasteiger partial charge in [-0.3, -0.25) is 4.18 Å². The Labute approximate surface area is 91.2 Å². The van der Waals surface area contributed by atoms with Crippen molar-refractivity contribution in [1.82, 2.24) is 0 Å². The lowest BCUT2D eigenvalue weighted by molar-refractivity contribution is 0.338. The van der Waals surface area contributed by atoms with Crippen molar-refractivity contribution in [1.29, 1.82) is 0 Å². The fraction of sp³-hybridized carbons (Fsp3) is 0.455. The molecule has 3 nitrogen and oxygen atoms in total. The summed E-state index contributed by atoms with van der Waals surface area (Å²) in [5.74, 6) is 0. The van der Waals surface area contributed by atoms with Gasteiger partial charge >= 0.3 is 0 Å². The zero-order chi connectivity index (χ0) is 11.6. The van der Waals surface area contributed by atoms with Gasteiger partial charge in [-0.2, -0.15) is 8.42 Å². The van der Waals surface area contributed by atoms with Crippen LogP contribution in [-0.2, 0) is 14.3 Å². The second-order valence-corrected chi connectivity index (χ2v) is 5.16. The maximum absolute atomic E-state index is 11.6. The van der Waals surface area contributed by atoms with Gasteiger partial charge in [0.1, 0.15) is 0 Å². The van der Waals surface area contributed by atoms with Gasteiger partial charge in [0, 0.05) is 0 Å². The first-order valence-electron chi connectivity index (χ1n) is 4.85. The first kappa shape index (κ1) is 12.2. The van der Waals surface area contributed by atoms with Crippen molar-refractivity contribution in [3.05, 3.63) is 28.8 Å². The second-order valence-electron chi connectivity index (χ2n) is 3.54. The van der Waals surface area contributed by atoms with Crippen molar-refractivity contribution in [2.45, 2.75) is 32.6 Å². The van der Waals surface area contributed by atoms with E-state index in [9.17, 15) is 8.42 Å². The van der Waals surface area contributed by atoms with Crippen LogP contribution in [0.1, 0.15) is 23.6 Å². The van der Waals surface area contributed by atoms with Gasteiger partial charge < -0.3 is 0 Å². The van der Waals surface area contributed by atoms with Crippen LogP contribution in [0, 0.1) is 20.8 Å². The summed E-state index contributed by atoms with van der Waals surface area (Å²) in [6.45, 7) is 7.59. The minimum Gasteiger partial charge on any atom is -0.267 e. The van der Waals surface area contributed by atoms with Gasteiger partial charge in [-0.15, -0.1) is 0 Å². The Morgan fingerprint density at radius 1 is 1.13 bits per heavy atom. The SMILES string of the molecule is CCOS(=O)(=O)c1cc(C)c(C)c(C)c1. The second kappa shape index (κ2) is 4.33. The van der Waals surface area contributed by atoms with E-state index in [0.29, 0.717) is 0 Å². The molecule has 0 aliphatic heterocycles. The van der Waals surface area contributed by atoms with Crippen LogP contribution >= 0.6 is 0 Å². The summed E-state index contributed by atoms with van der Waals surface area (Å²) in [7, 11) is -3.57. The molecule has 0 heterocycles. The lowest BCUT2D eigenvalue weighted by Gasteiger charge is -2.09. The molecule has 0 radical (unpaired) electrons. The molecule has 0 aliphatic carbocycles. The quantitative estimate of drug-likeness (QED) is 0.746. The Kier molecular flexibility index (Phi) is 3.52. The first-order valence-corrected chi connectivity index (χ1v) is 6.26. The Morgan fingerprint density at radius 2 is 1.60 bits per heavy atom. The molecule has 15 heavy (non-hydrogen) atoms. The first-order chi connectivity index (χ1) is 6.88. The van der Waals surface area contributed by atoms with Crippen LogP contribution in [0.5, 0.6) is 0 Å². The maximum Gasteiger partial charge on any atom is 0.296 e. The van der Waals surface area contributed by atoms with Gasteiger partial charge in [0.25, 0.3) is 10.1 Å². The van der Waals surface area contributed by atoms with Gasteiger partial charge in [-0.05, 0) is 56.5 Å². The van der Waals surface area contributed by atoms with E-state index in [1.165, 1.54) is 0 Å². The van der Waals surface area contributed by atoms with E-state index in [1.807, 2.05) is 20.8 Å². The van der Waals surface area contributed by atoms with E-state index in [0.717, 1.165) is 16.7 Å². The third-order valence-electron chi connectivity index (χ3n) is 2.46. The molecule has 4 heteroatoms. The van der Waals surface area contributed by atoms with Crippen LogP contribution in [0.2, 0.25) is 0 Å². The van der Waals surface area contributed by atoms with E-state index in [1.54, 1.807) is 19.1 Å². The molecule has 0 N–H and O–H groups in total. The normalized spacial score (nSPS) is 11.7. The summed E-state index contributed by atoms with van der Waals surface area (Å²) in [4.78, 5) is 0.241. The highest BCUT2D eigenvalue weighted by molar-refractivity contribution is 7.86. The number of benzene rings is 1. The van der Waals surface area contributed by atoms with E-state index < -0.39 is 10.1 Å². The van der Waals surface area contributed by atoms with Crippen LogP contribution in [0.3, 0.4) is 0 Å². The summed E-state index contributed by atoms with van der Waals surface area (Å²) < 4.78 is 28.0. The number of rotatable bonds is 3. The Bertz CT molecular complexity index is 438. The Balaban J connectivity index is 3.29. The highest BCUT2D eigenvalue weighted by Gasteiger charge is 2.15. The monoisotopic (exact) mass is 228 g/mol. The fourth-order valence-electron chi connectivity index (χ4n) is 1.36. The van der Waals surface area contributed by atoms with Gasteiger partial charge in [0.2, 0.25) is 0 Å². The van der Waals surface area contributed by atoms with Crippen molar-refractivity contribution in [2.75, 3.05) is 6.61 Å². The standard InChI is InChI=1S/C11H16O3S/c1-5-14-15(12,13)11-6-8(2)10(4)9(3)7-11/h6-7H,5H2,1-4H3. The molecule has 1 aromatic rings. The van der Waals surface area contributed by atoms with Crippen molar-refractivity contribution in [2.24, 2.45) is 0 Å². The molecule has 0 aliphatic rings. The molecule has 0 saturated heterocycles. The molecule has 0 unspecified atom stereocenters. The Morgan fingerprint density at radius 3 is 2.00 bits per heavy atom. The average Bonchev–Trinajstić information content (AvgIpc) is 2.13. The molecule has 0 amide bonds. The summed E-state index contributed by atoms with van der Waals surface area (Å²) in [6.07, 6.45) is 0. The predicted octanol–water partition coefficient (Wildman–Crippen LogP) is 2.34. The summed E-state index contributed by atoms with van der Waals surface area (Å²) in [5, 5.41) is 0. The number of hydrogen-bond acceptors (Lipinski definition) is 3. The van der Waals surface area contributed by atoms with Crippen molar-refractivity contribution < 1.29 is 12.6 Å². The zero-order valence-corrected chi connectivity index (χ0v) is 10.3. The molecule has 0 spiro atoms. The third kappa shape index (κ3) is 2.58. The average molecular weight is 228 g/mol. The molecule has 84 valence electrons. The van der Waals surface area contributed by atoms with Crippen LogP contribution in [0.25, 0.3) is 0 Å². The van der Waals surface area contributed by atoms with E-state index in [4.69, 9.17) is 4.18 Å². The summed E-state index contributed by atoms with van der Waals surface area (Å²) in [5.41, 5.74) is 3.05. The van der Waals surface area contributed by atoms with Gasteiger partial charge in [-0.1, -0.05) is 0 Å². The predicted molar refractivity (Wildman–Crippen MR) is 59.5 cm³/mol. The molecule has 1 rings (SSSR count). The fourth-order valence-corrected chi connectivity index (χ4v) is 2.45. The molecule has 0 fully saturated rings. The van der Waals surface area contributed by atoms with Crippen LogP contribution in [0.15, 0.2) is 17.0 Å². The largest absolute Gasteiger partial charge is 0.296 e. The van der Waals surface area contributed by atoms with Gasteiger partial charge in [0.15, 0.2) is 0 Å².